The Bertz CT molecular complexity index is 916. The van der Waals surface area contributed by atoms with E-state index in [-0.39, 0.29) is 18.2 Å². The van der Waals surface area contributed by atoms with Gasteiger partial charge in [0.2, 0.25) is 0 Å². The summed E-state index contributed by atoms with van der Waals surface area (Å²) in [5.74, 6) is 0. The molecule has 4 heteroatoms. The molecule has 3 N–H and O–H groups in total. The lowest BCUT2D eigenvalue weighted by atomic mass is 10.0. The predicted octanol–water partition coefficient (Wildman–Crippen LogP) is 2.84. The van der Waals surface area contributed by atoms with Gasteiger partial charge in [0.15, 0.2) is 0 Å². The van der Waals surface area contributed by atoms with Crippen LogP contribution >= 0.6 is 0 Å². The third-order valence-electron chi connectivity index (χ3n) is 4.50. The molecule has 0 amide bonds. The number of benzene rings is 2. The normalized spacial score (nSPS) is 12.4. The van der Waals surface area contributed by atoms with Gasteiger partial charge in [0.05, 0.1) is 12.1 Å². The number of hydrogen-bond acceptors (Lipinski definition) is 3. The highest BCUT2D eigenvalue weighted by atomic mass is 16.3. The summed E-state index contributed by atoms with van der Waals surface area (Å²) in [6.07, 6.45) is 0.723. The van der Waals surface area contributed by atoms with Crippen molar-refractivity contribution in [1.82, 2.24) is 10.3 Å². The fraction of sp³-hybridized carbons (Fsp3) is 0.286. The fourth-order valence-corrected chi connectivity index (χ4v) is 3.22. The van der Waals surface area contributed by atoms with Gasteiger partial charge in [-0.05, 0) is 48.9 Å². The van der Waals surface area contributed by atoms with Gasteiger partial charge in [-0.25, -0.2) is 0 Å². The summed E-state index contributed by atoms with van der Waals surface area (Å²) in [5, 5.41) is 14.0. The molecule has 0 radical (unpaired) electrons. The molecule has 1 aromatic heterocycles. The molecule has 0 aliphatic heterocycles. The predicted molar refractivity (Wildman–Crippen MR) is 102 cm³/mol. The van der Waals surface area contributed by atoms with Gasteiger partial charge in [0, 0.05) is 18.2 Å². The Morgan fingerprint density at radius 2 is 1.88 bits per heavy atom. The van der Waals surface area contributed by atoms with Crippen molar-refractivity contribution in [1.29, 1.82) is 0 Å². The molecule has 25 heavy (non-hydrogen) atoms. The van der Waals surface area contributed by atoms with E-state index in [2.05, 4.69) is 29.4 Å². The van der Waals surface area contributed by atoms with E-state index in [1.54, 1.807) is 0 Å². The summed E-state index contributed by atoms with van der Waals surface area (Å²) in [6, 6.07) is 16.0. The molecule has 0 unspecified atom stereocenters. The first kappa shape index (κ1) is 17.4. The minimum absolute atomic E-state index is 0.0264. The smallest absolute Gasteiger partial charge is 0.252 e. The van der Waals surface area contributed by atoms with Crippen LogP contribution in [0.25, 0.3) is 10.9 Å². The maximum Gasteiger partial charge on any atom is 0.252 e. The lowest BCUT2D eigenvalue weighted by Crippen LogP contribution is -2.35. The molecule has 4 nitrogen and oxygen atoms in total. The summed E-state index contributed by atoms with van der Waals surface area (Å²) >= 11 is 0. The van der Waals surface area contributed by atoms with Crippen LogP contribution in [0.1, 0.15) is 22.3 Å². The van der Waals surface area contributed by atoms with Gasteiger partial charge < -0.3 is 15.4 Å². The maximum absolute atomic E-state index is 12.4. The van der Waals surface area contributed by atoms with Crippen molar-refractivity contribution in [2.24, 2.45) is 0 Å². The highest BCUT2D eigenvalue weighted by Crippen LogP contribution is 2.18. The van der Waals surface area contributed by atoms with Crippen molar-refractivity contribution in [3.63, 3.8) is 0 Å². The van der Waals surface area contributed by atoms with Crippen LogP contribution < -0.4 is 10.9 Å². The monoisotopic (exact) mass is 336 g/mol. The SMILES string of the molecule is Cc1cc(C)c2[nH]c(=O)c(CN[C@@H](CO)Cc3ccccc3)cc2c1. The molecule has 130 valence electrons. The summed E-state index contributed by atoms with van der Waals surface area (Å²) in [6.45, 7) is 4.51. The van der Waals surface area contributed by atoms with Gasteiger partial charge in [0.1, 0.15) is 0 Å². The zero-order valence-electron chi connectivity index (χ0n) is 14.7. The van der Waals surface area contributed by atoms with Crippen LogP contribution in [0.4, 0.5) is 0 Å². The van der Waals surface area contributed by atoms with Crippen LogP contribution in [0.3, 0.4) is 0 Å². The minimum atomic E-state index is -0.0863. The van der Waals surface area contributed by atoms with Crippen LogP contribution in [0.15, 0.2) is 53.3 Å². The summed E-state index contributed by atoms with van der Waals surface area (Å²) < 4.78 is 0. The molecule has 0 bridgehead atoms. The summed E-state index contributed by atoms with van der Waals surface area (Å²) in [4.78, 5) is 15.4. The topological polar surface area (TPSA) is 65.1 Å². The average Bonchev–Trinajstić information content (AvgIpc) is 2.60. The molecule has 3 aromatic rings. The first-order valence-electron chi connectivity index (χ1n) is 8.58. The number of H-pyrrole nitrogens is 1. The molecule has 3 rings (SSSR count). The van der Waals surface area contributed by atoms with Crippen LogP contribution in [0.5, 0.6) is 0 Å². The van der Waals surface area contributed by atoms with E-state index in [0.29, 0.717) is 12.1 Å². The molecule has 1 atom stereocenters. The number of aromatic amines is 1. The Labute approximate surface area is 147 Å². The van der Waals surface area contributed by atoms with Crippen molar-refractivity contribution in [2.45, 2.75) is 32.9 Å². The van der Waals surface area contributed by atoms with E-state index in [4.69, 9.17) is 0 Å². The summed E-state index contributed by atoms with van der Waals surface area (Å²) in [5.41, 5.74) is 4.90. The van der Waals surface area contributed by atoms with Gasteiger partial charge in [-0.3, -0.25) is 4.79 Å². The molecule has 0 spiro atoms. The zero-order valence-corrected chi connectivity index (χ0v) is 14.7. The molecular formula is C21H24N2O2. The van der Waals surface area contributed by atoms with Crippen LogP contribution in [0, 0.1) is 13.8 Å². The number of pyridine rings is 1. The number of hydrogen-bond donors (Lipinski definition) is 3. The Hall–Kier alpha value is -2.43. The molecule has 0 aliphatic rings. The van der Waals surface area contributed by atoms with E-state index < -0.39 is 0 Å². The highest BCUT2D eigenvalue weighted by Gasteiger charge is 2.10. The standard InChI is InChI=1S/C21H24N2O2/c1-14-8-15(2)20-17(9-14)11-18(21(25)23-20)12-22-19(13-24)10-16-6-4-3-5-7-16/h3-9,11,19,22,24H,10,12-13H2,1-2H3,(H,23,25)/t19-/m1/s1. The second-order valence-electron chi connectivity index (χ2n) is 6.62. The molecule has 0 fully saturated rings. The number of fused-ring (bicyclic) bond motifs is 1. The van der Waals surface area contributed by atoms with Crippen molar-refractivity contribution >= 4 is 10.9 Å². The van der Waals surface area contributed by atoms with Gasteiger partial charge in [-0.15, -0.1) is 0 Å². The highest BCUT2D eigenvalue weighted by molar-refractivity contribution is 5.82. The lowest BCUT2D eigenvalue weighted by molar-refractivity contribution is 0.240. The van der Waals surface area contributed by atoms with Crippen LogP contribution in [-0.4, -0.2) is 22.7 Å². The fourth-order valence-electron chi connectivity index (χ4n) is 3.22. The van der Waals surface area contributed by atoms with Crippen LogP contribution in [0.2, 0.25) is 0 Å². The molecule has 0 saturated carbocycles. The van der Waals surface area contributed by atoms with E-state index in [0.717, 1.165) is 28.5 Å². The third kappa shape index (κ3) is 4.16. The van der Waals surface area contributed by atoms with E-state index >= 15 is 0 Å². The molecule has 1 heterocycles. The Morgan fingerprint density at radius 3 is 2.60 bits per heavy atom. The van der Waals surface area contributed by atoms with Gasteiger partial charge in [0.25, 0.3) is 5.56 Å². The second kappa shape index (κ2) is 7.64. The van der Waals surface area contributed by atoms with Crippen molar-refractivity contribution in [2.75, 3.05) is 6.61 Å². The molecule has 0 aliphatic carbocycles. The van der Waals surface area contributed by atoms with Crippen molar-refractivity contribution < 1.29 is 5.11 Å². The van der Waals surface area contributed by atoms with E-state index in [1.165, 1.54) is 5.56 Å². The van der Waals surface area contributed by atoms with Gasteiger partial charge in [-0.1, -0.05) is 42.0 Å². The van der Waals surface area contributed by atoms with Gasteiger partial charge >= 0.3 is 0 Å². The van der Waals surface area contributed by atoms with Crippen molar-refractivity contribution in [3.05, 3.63) is 81.1 Å². The number of nitrogens with one attached hydrogen (secondary N) is 2. The van der Waals surface area contributed by atoms with E-state index in [9.17, 15) is 9.90 Å². The quantitative estimate of drug-likeness (QED) is 0.648. The average molecular weight is 336 g/mol. The van der Waals surface area contributed by atoms with Crippen LogP contribution in [-0.2, 0) is 13.0 Å². The van der Waals surface area contributed by atoms with E-state index in [1.807, 2.05) is 43.3 Å². The first-order chi connectivity index (χ1) is 12.1. The third-order valence-corrected chi connectivity index (χ3v) is 4.50. The van der Waals surface area contributed by atoms with Gasteiger partial charge in [-0.2, -0.15) is 0 Å². The Balaban J connectivity index is 1.78. The lowest BCUT2D eigenvalue weighted by Gasteiger charge is -2.16. The molecule has 0 saturated heterocycles. The summed E-state index contributed by atoms with van der Waals surface area (Å²) in [7, 11) is 0. The zero-order chi connectivity index (χ0) is 17.8. The van der Waals surface area contributed by atoms with Crippen molar-refractivity contribution in [3.8, 4) is 0 Å². The minimum Gasteiger partial charge on any atom is -0.395 e. The number of aliphatic hydroxyl groups excluding tert-OH is 1. The first-order valence-corrected chi connectivity index (χ1v) is 8.58. The second-order valence-corrected chi connectivity index (χ2v) is 6.62. The number of aryl methyl sites for hydroxylation is 2. The Kier molecular flexibility index (Phi) is 5.31. The largest absolute Gasteiger partial charge is 0.395 e. The molecule has 2 aromatic carbocycles. The number of aliphatic hydroxyl groups is 1. The maximum atomic E-state index is 12.4. The molecular weight excluding hydrogens is 312 g/mol. The Morgan fingerprint density at radius 1 is 1.12 bits per heavy atom. The number of aromatic nitrogens is 1. The number of rotatable bonds is 6.